The van der Waals surface area contributed by atoms with Crippen LogP contribution in [0.15, 0.2) is 79.0 Å². The minimum Gasteiger partial charge on any atom is -0.495 e. The van der Waals surface area contributed by atoms with Crippen molar-refractivity contribution in [3.8, 4) is 22.7 Å². The first-order chi connectivity index (χ1) is 17.5. The predicted octanol–water partition coefficient (Wildman–Crippen LogP) is 6.87. The van der Waals surface area contributed by atoms with Gasteiger partial charge in [0.05, 0.1) is 46.5 Å². The van der Waals surface area contributed by atoms with E-state index in [9.17, 15) is 4.79 Å². The number of aromatic nitrogens is 3. The number of amides is 1. The molecule has 0 radical (unpaired) electrons. The first kappa shape index (κ1) is 23.6. The van der Waals surface area contributed by atoms with Crippen LogP contribution in [-0.4, -0.2) is 27.8 Å². The van der Waals surface area contributed by atoms with Gasteiger partial charge in [0, 0.05) is 16.6 Å². The summed E-state index contributed by atoms with van der Waals surface area (Å²) in [7, 11) is 1.55. The van der Waals surface area contributed by atoms with E-state index in [1.165, 1.54) is 5.56 Å². The zero-order valence-corrected chi connectivity index (χ0v) is 21.0. The fourth-order valence-corrected chi connectivity index (χ4v) is 4.50. The summed E-state index contributed by atoms with van der Waals surface area (Å²) in [5, 5.41) is 8.75. The zero-order chi connectivity index (χ0) is 25.2. The van der Waals surface area contributed by atoms with Crippen molar-refractivity contribution in [1.82, 2.24) is 14.8 Å². The first-order valence-electron chi connectivity index (χ1n) is 11.7. The molecule has 6 nitrogen and oxygen atoms in total. The molecule has 0 saturated carbocycles. The Hall–Kier alpha value is -4.16. The largest absolute Gasteiger partial charge is 0.495 e. The second-order valence-corrected chi connectivity index (χ2v) is 8.86. The van der Waals surface area contributed by atoms with Crippen LogP contribution >= 0.6 is 11.6 Å². The van der Waals surface area contributed by atoms with Crippen molar-refractivity contribution in [2.24, 2.45) is 0 Å². The van der Waals surface area contributed by atoms with Gasteiger partial charge < -0.3 is 10.1 Å². The van der Waals surface area contributed by atoms with Crippen LogP contribution in [-0.2, 0) is 6.42 Å². The molecular formula is C29H25ClN4O2. The highest BCUT2D eigenvalue weighted by atomic mass is 35.5. The van der Waals surface area contributed by atoms with Gasteiger partial charge in [0.15, 0.2) is 0 Å². The molecule has 180 valence electrons. The van der Waals surface area contributed by atoms with Crippen LogP contribution < -0.4 is 10.1 Å². The van der Waals surface area contributed by atoms with E-state index in [4.69, 9.17) is 21.3 Å². The molecule has 2 aromatic heterocycles. The Kier molecular flexibility index (Phi) is 6.44. The average molecular weight is 497 g/mol. The molecule has 2 heterocycles. The van der Waals surface area contributed by atoms with Crippen LogP contribution in [0.2, 0.25) is 5.02 Å². The number of hydrogen-bond donors (Lipinski definition) is 1. The van der Waals surface area contributed by atoms with E-state index in [0.717, 1.165) is 34.3 Å². The number of anilines is 1. The number of fused-ring (bicyclic) bond motifs is 1. The lowest BCUT2D eigenvalue weighted by molar-refractivity contribution is 0.102. The number of aryl methyl sites for hydroxylation is 1. The second-order valence-electron chi connectivity index (χ2n) is 8.45. The van der Waals surface area contributed by atoms with Crippen LogP contribution in [0.25, 0.3) is 27.8 Å². The van der Waals surface area contributed by atoms with Gasteiger partial charge in [-0.2, -0.15) is 5.10 Å². The number of benzene rings is 3. The first-order valence-corrected chi connectivity index (χ1v) is 12.0. The van der Waals surface area contributed by atoms with Crippen LogP contribution in [0.1, 0.15) is 28.5 Å². The molecule has 0 aliphatic heterocycles. The molecule has 0 spiro atoms. The summed E-state index contributed by atoms with van der Waals surface area (Å²) >= 11 is 6.25. The van der Waals surface area contributed by atoms with Crippen molar-refractivity contribution in [2.75, 3.05) is 12.4 Å². The highest BCUT2D eigenvalue weighted by Crippen LogP contribution is 2.30. The second kappa shape index (κ2) is 9.84. The summed E-state index contributed by atoms with van der Waals surface area (Å²) in [5.41, 5.74) is 6.56. The quantitative estimate of drug-likeness (QED) is 0.278. The molecule has 3 aromatic carbocycles. The Morgan fingerprint density at radius 1 is 1.06 bits per heavy atom. The molecule has 0 fully saturated rings. The minimum atomic E-state index is -0.253. The van der Waals surface area contributed by atoms with Crippen molar-refractivity contribution in [3.05, 3.63) is 101 Å². The third-order valence-corrected chi connectivity index (χ3v) is 6.54. The molecule has 1 amide bonds. The highest BCUT2D eigenvalue weighted by molar-refractivity contribution is 6.32. The number of para-hydroxylation sites is 1. The number of ether oxygens (including phenoxy) is 1. The van der Waals surface area contributed by atoms with Gasteiger partial charge in [0.25, 0.3) is 5.91 Å². The molecule has 1 N–H and O–H groups in total. The van der Waals surface area contributed by atoms with Crippen LogP contribution in [0.3, 0.4) is 0 Å². The van der Waals surface area contributed by atoms with Gasteiger partial charge in [-0.1, -0.05) is 48.9 Å². The number of nitrogens with one attached hydrogen (secondary N) is 1. The summed E-state index contributed by atoms with van der Waals surface area (Å²) in [4.78, 5) is 18.3. The molecule has 36 heavy (non-hydrogen) atoms. The number of nitrogens with zero attached hydrogens (tertiary/aromatic N) is 3. The molecule has 0 aliphatic rings. The maximum atomic E-state index is 13.4. The zero-order valence-electron chi connectivity index (χ0n) is 20.2. The summed E-state index contributed by atoms with van der Waals surface area (Å²) in [5.74, 6) is 0.291. The summed E-state index contributed by atoms with van der Waals surface area (Å²) < 4.78 is 7.10. The van der Waals surface area contributed by atoms with Crippen molar-refractivity contribution >= 4 is 34.1 Å². The molecule has 0 saturated heterocycles. The van der Waals surface area contributed by atoms with Gasteiger partial charge in [-0.15, -0.1) is 0 Å². The number of hydrogen-bond acceptors (Lipinski definition) is 4. The molecule has 0 unspecified atom stereocenters. The molecule has 0 atom stereocenters. The van der Waals surface area contributed by atoms with Gasteiger partial charge in [0.2, 0.25) is 0 Å². The van der Waals surface area contributed by atoms with Gasteiger partial charge in [0.1, 0.15) is 5.75 Å². The Labute approximate surface area is 214 Å². The monoisotopic (exact) mass is 496 g/mol. The fraction of sp³-hybridized carbons (Fsp3) is 0.138. The number of methoxy groups -OCH3 is 1. The minimum absolute atomic E-state index is 0.253. The van der Waals surface area contributed by atoms with Crippen molar-refractivity contribution in [1.29, 1.82) is 0 Å². The number of halogens is 1. The van der Waals surface area contributed by atoms with E-state index in [-0.39, 0.29) is 5.91 Å². The Morgan fingerprint density at radius 2 is 1.83 bits per heavy atom. The van der Waals surface area contributed by atoms with Gasteiger partial charge in [-0.25, -0.2) is 9.67 Å². The molecule has 5 aromatic rings. The van der Waals surface area contributed by atoms with Gasteiger partial charge in [-0.3, -0.25) is 4.79 Å². The normalized spacial score (nSPS) is 11.0. The predicted molar refractivity (Wildman–Crippen MR) is 144 cm³/mol. The third-order valence-electron chi connectivity index (χ3n) is 6.25. The lowest BCUT2D eigenvalue weighted by Crippen LogP contribution is -2.13. The van der Waals surface area contributed by atoms with Crippen LogP contribution in [0.4, 0.5) is 5.69 Å². The van der Waals surface area contributed by atoms with Gasteiger partial charge in [-0.05, 0) is 61.4 Å². The smallest absolute Gasteiger partial charge is 0.256 e. The van der Waals surface area contributed by atoms with E-state index in [2.05, 4.69) is 41.6 Å². The molecule has 0 bridgehead atoms. The van der Waals surface area contributed by atoms with Crippen molar-refractivity contribution in [2.45, 2.75) is 20.3 Å². The lowest BCUT2D eigenvalue weighted by atomic mass is 10.0. The Balaban J connectivity index is 1.55. The van der Waals surface area contributed by atoms with E-state index >= 15 is 0 Å². The topological polar surface area (TPSA) is 69.0 Å². The van der Waals surface area contributed by atoms with Gasteiger partial charge >= 0.3 is 0 Å². The third kappa shape index (κ3) is 4.43. The highest BCUT2D eigenvalue weighted by Gasteiger charge is 2.18. The SMILES string of the molecule is CCc1ccc(-n2ncc(-c3cc(C(=O)Nc4ccc(OC)c(Cl)c4)c4ccccc4n3)c2C)cc1. The summed E-state index contributed by atoms with van der Waals surface area (Å²) in [6.07, 6.45) is 2.78. The maximum Gasteiger partial charge on any atom is 0.256 e. The molecule has 5 rings (SSSR count). The average Bonchev–Trinajstić information content (AvgIpc) is 3.29. The number of carbonyl (C=O) groups is 1. The van der Waals surface area contributed by atoms with Crippen molar-refractivity contribution in [3.63, 3.8) is 0 Å². The number of carbonyl (C=O) groups excluding carboxylic acids is 1. The molecular weight excluding hydrogens is 472 g/mol. The number of pyridine rings is 1. The van der Waals surface area contributed by atoms with E-state index in [1.54, 1.807) is 31.5 Å². The standard InChI is InChI=1S/C29H25ClN4O2/c1-4-19-9-12-21(13-10-19)34-18(2)24(17-31-34)27-16-23(22-7-5-6-8-26(22)33-27)29(35)32-20-11-14-28(36-3)25(30)15-20/h5-17H,4H2,1-3H3,(H,32,35). The van der Waals surface area contributed by atoms with E-state index < -0.39 is 0 Å². The van der Waals surface area contributed by atoms with E-state index in [0.29, 0.717) is 27.7 Å². The summed E-state index contributed by atoms with van der Waals surface area (Å²) in [6, 6.07) is 22.9. The maximum absolute atomic E-state index is 13.4. The van der Waals surface area contributed by atoms with Crippen LogP contribution in [0.5, 0.6) is 5.75 Å². The lowest BCUT2D eigenvalue weighted by Gasteiger charge is -2.12. The summed E-state index contributed by atoms with van der Waals surface area (Å²) in [6.45, 7) is 4.14. The molecule has 7 heteroatoms. The Morgan fingerprint density at radius 3 is 2.56 bits per heavy atom. The molecule has 0 aliphatic carbocycles. The Bertz CT molecular complexity index is 1570. The fourth-order valence-electron chi connectivity index (χ4n) is 4.24. The van der Waals surface area contributed by atoms with Crippen molar-refractivity contribution < 1.29 is 9.53 Å². The van der Waals surface area contributed by atoms with Crippen LogP contribution in [0, 0.1) is 6.92 Å². The number of rotatable bonds is 6. The van der Waals surface area contributed by atoms with E-state index in [1.807, 2.05) is 41.9 Å².